The topological polar surface area (TPSA) is 23.8 Å². The van der Waals surface area contributed by atoms with E-state index >= 15 is 0 Å². The molecule has 0 bridgehead atoms. The van der Waals surface area contributed by atoms with Gasteiger partial charge in [-0.1, -0.05) is 32.0 Å². The van der Waals surface area contributed by atoms with Gasteiger partial charge in [0, 0.05) is 0 Å². The van der Waals surface area contributed by atoms with Crippen molar-refractivity contribution in [3.63, 3.8) is 0 Å². The SMILES string of the molecule is CC(C)[C@@H]1Cc2ccc([C@H](C)C#N)cc2C1. The van der Waals surface area contributed by atoms with Crippen molar-refractivity contribution in [3.8, 4) is 6.07 Å². The zero-order chi connectivity index (χ0) is 11.7. The van der Waals surface area contributed by atoms with E-state index in [1.54, 1.807) is 0 Å². The molecule has 1 aromatic rings. The van der Waals surface area contributed by atoms with Crippen LogP contribution in [-0.4, -0.2) is 0 Å². The van der Waals surface area contributed by atoms with Gasteiger partial charge in [-0.2, -0.15) is 5.26 Å². The second-order valence-electron chi connectivity index (χ2n) is 5.29. The normalized spacial score (nSPS) is 20.6. The zero-order valence-electron chi connectivity index (χ0n) is 10.3. The van der Waals surface area contributed by atoms with Crippen LogP contribution in [0.3, 0.4) is 0 Å². The second-order valence-corrected chi connectivity index (χ2v) is 5.29. The van der Waals surface area contributed by atoms with Crippen molar-refractivity contribution in [3.05, 3.63) is 34.9 Å². The van der Waals surface area contributed by atoms with Gasteiger partial charge >= 0.3 is 0 Å². The second kappa shape index (κ2) is 4.29. The summed E-state index contributed by atoms with van der Waals surface area (Å²) in [7, 11) is 0. The van der Waals surface area contributed by atoms with Crippen molar-refractivity contribution >= 4 is 0 Å². The molecule has 1 heteroatoms. The summed E-state index contributed by atoms with van der Waals surface area (Å²) >= 11 is 0. The Labute approximate surface area is 98.1 Å². The lowest BCUT2D eigenvalue weighted by Crippen LogP contribution is -2.07. The maximum atomic E-state index is 8.93. The molecular formula is C15H19N. The Kier molecular flexibility index (Phi) is 3.01. The van der Waals surface area contributed by atoms with Gasteiger partial charge in [0.05, 0.1) is 12.0 Å². The summed E-state index contributed by atoms with van der Waals surface area (Å²) in [4.78, 5) is 0. The average molecular weight is 213 g/mol. The van der Waals surface area contributed by atoms with E-state index in [1.165, 1.54) is 29.5 Å². The Morgan fingerprint density at radius 1 is 1.19 bits per heavy atom. The number of nitrogens with zero attached hydrogens (tertiary/aromatic N) is 1. The van der Waals surface area contributed by atoms with Crippen LogP contribution >= 0.6 is 0 Å². The van der Waals surface area contributed by atoms with Crippen LogP contribution < -0.4 is 0 Å². The largest absolute Gasteiger partial charge is 0.198 e. The molecule has 0 spiro atoms. The molecular weight excluding hydrogens is 194 g/mol. The first-order valence-corrected chi connectivity index (χ1v) is 6.13. The molecule has 1 nitrogen and oxygen atoms in total. The van der Waals surface area contributed by atoms with E-state index in [-0.39, 0.29) is 5.92 Å². The first-order chi connectivity index (χ1) is 7.61. The number of benzene rings is 1. The van der Waals surface area contributed by atoms with Crippen molar-refractivity contribution in [1.82, 2.24) is 0 Å². The minimum absolute atomic E-state index is 0.0170. The highest BCUT2D eigenvalue weighted by atomic mass is 14.3. The van der Waals surface area contributed by atoms with E-state index in [2.05, 4.69) is 38.1 Å². The highest BCUT2D eigenvalue weighted by Gasteiger charge is 2.24. The first-order valence-electron chi connectivity index (χ1n) is 6.13. The molecule has 1 aromatic carbocycles. The molecule has 2 atom stereocenters. The van der Waals surface area contributed by atoms with Gasteiger partial charge in [0.15, 0.2) is 0 Å². The van der Waals surface area contributed by atoms with Gasteiger partial charge < -0.3 is 0 Å². The summed E-state index contributed by atoms with van der Waals surface area (Å²) in [5, 5.41) is 8.93. The number of fused-ring (bicyclic) bond motifs is 1. The lowest BCUT2D eigenvalue weighted by molar-refractivity contribution is 0.404. The molecule has 0 N–H and O–H groups in total. The fourth-order valence-electron chi connectivity index (χ4n) is 2.49. The standard InChI is InChI=1S/C15H19N/c1-10(2)14-7-13-5-4-12(11(3)9-16)6-15(13)8-14/h4-6,10-11,14H,7-8H2,1-3H3/t11-,14-/m1/s1. The van der Waals surface area contributed by atoms with Crippen molar-refractivity contribution < 1.29 is 0 Å². The van der Waals surface area contributed by atoms with E-state index in [9.17, 15) is 0 Å². The summed E-state index contributed by atoms with van der Waals surface area (Å²) in [5.74, 6) is 1.57. The molecule has 84 valence electrons. The average Bonchev–Trinajstić information content (AvgIpc) is 2.70. The van der Waals surface area contributed by atoms with Crippen LogP contribution in [0.2, 0.25) is 0 Å². The van der Waals surface area contributed by atoms with Crippen molar-refractivity contribution in [2.75, 3.05) is 0 Å². The van der Waals surface area contributed by atoms with Gasteiger partial charge in [-0.05, 0) is 48.3 Å². The third-order valence-electron chi connectivity index (χ3n) is 3.83. The lowest BCUT2D eigenvalue weighted by Gasteiger charge is -2.12. The van der Waals surface area contributed by atoms with Crippen LogP contribution in [0.4, 0.5) is 0 Å². The summed E-state index contributed by atoms with van der Waals surface area (Å²) in [6.45, 7) is 6.57. The van der Waals surface area contributed by atoms with Crippen LogP contribution in [-0.2, 0) is 12.8 Å². The Balaban J connectivity index is 2.25. The van der Waals surface area contributed by atoms with E-state index in [0.717, 1.165) is 11.8 Å². The predicted molar refractivity (Wildman–Crippen MR) is 66.2 cm³/mol. The molecule has 0 heterocycles. The molecule has 1 aliphatic carbocycles. The van der Waals surface area contributed by atoms with Crippen LogP contribution in [0.1, 0.15) is 43.4 Å². The van der Waals surface area contributed by atoms with Gasteiger partial charge in [-0.15, -0.1) is 0 Å². The first kappa shape index (κ1) is 11.2. The van der Waals surface area contributed by atoms with Gasteiger partial charge in [-0.3, -0.25) is 0 Å². The quantitative estimate of drug-likeness (QED) is 0.735. The number of rotatable bonds is 2. The number of hydrogen-bond acceptors (Lipinski definition) is 1. The Morgan fingerprint density at radius 3 is 2.50 bits per heavy atom. The molecule has 0 saturated heterocycles. The number of hydrogen-bond donors (Lipinski definition) is 0. The Hall–Kier alpha value is -1.29. The molecule has 0 fully saturated rings. The molecule has 16 heavy (non-hydrogen) atoms. The van der Waals surface area contributed by atoms with E-state index in [1.807, 2.05) is 6.92 Å². The highest BCUT2D eigenvalue weighted by Crippen LogP contribution is 2.33. The van der Waals surface area contributed by atoms with Gasteiger partial charge in [-0.25, -0.2) is 0 Å². The van der Waals surface area contributed by atoms with Crippen molar-refractivity contribution in [2.24, 2.45) is 11.8 Å². The monoisotopic (exact) mass is 213 g/mol. The number of nitriles is 1. The predicted octanol–water partition coefficient (Wildman–Crippen LogP) is 3.68. The summed E-state index contributed by atoms with van der Waals surface area (Å²) in [5.41, 5.74) is 4.14. The molecule has 0 unspecified atom stereocenters. The summed E-state index contributed by atoms with van der Waals surface area (Å²) in [6.07, 6.45) is 2.41. The van der Waals surface area contributed by atoms with Crippen LogP contribution in [0, 0.1) is 23.2 Å². The van der Waals surface area contributed by atoms with Crippen molar-refractivity contribution in [1.29, 1.82) is 5.26 Å². The fourth-order valence-corrected chi connectivity index (χ4v) is 2.49. The van der Waals surface area contributed by atoms with Gasteiger partial charge in [0.25, 0.3) is 0 Å². The van der Waals surface area contributed by atoms with Gasteiger partial charge in [0.1, 0.15) is 0 Å². The van der Waals surface area contributed by atoms with E-state index in [0.29, 0.717) is 0 Å². The summed E-state index contributed by atoms with van der Waals surface area (Å²) < 4.78 is 0. The maximum absolute atomic E-state index is 8.93. The van der Waals surface area contributed by atoms with E-state index in [4.69, 9.17) is 5.26 Å². The third kappa shape index (κ3) is 1.97. The maximum Gasteiger partial charge on any atom is 0.0700 e. The molecule has 0 saturated carbocycles. The van der Waals surface area contributed by atoms with Gasteiger partial charge in [0.2, 0.25) is 0 Å². The van der Waals surface area contributed by atoms with E-state index < -0.39 is 0 Å². The minimum atomic E-state index is 0.0170. The molecule has 2 rings (SSSR count). The fraction of sp³-hybridized carbons (Fsp3) is 0.533. The van der Waals surface area contributed by atoms with Crippen molar-refractivity contribution in [2.45, 2.75) is 39.5 Å². The highest BCUT2D eigenvalue weighted by molar-refractivity contribution is 5.38. The smallest absolute Gasteiger partial charge is 0.0700 e. The molecule has 0 aliphatic heterocycles. The third-order valence-corrected chi connectivity index (χ3v) is 3.83. The van der Waals surface area contributed by atoms with Crippen LogP contribution in [0.5, 0.6) is 0 Å². The summed E-state index contributed by atoms with van der Waals surface area (Å²) in [6, 6.07) is 8.89. The molecule has 0 radical (unpaired) electrons. The van der Waals surface area contributed by atoms with Crippen LogP contribution in [0.15, 0.2) is 18.2 Å². The Morgan fingerprint density at radius 2 is 1.88 bits per heavy atom. The lowest BCUT2D eigenvalue weighted by atomic mass is 9.93. The molecule has 0 aromatic heterocycles. The molecule has 0 amide bonds. The minimum Gasteiger partial charge on any atom is -0.198 e. The zero-order valence-corrected chi connectivity index (χ0v) is 10.3. The Bertz CT molecular complexity index is 426. The molecule has 1 aliphatic rings. The van der Waals surface area contributed by atoms with Crippen LogP contribution in [0.25, 0.3) is 0 Å².